The molecule has 142 valence electrons. The molecule has 7 heteroatoms. The van der Waals surface area contributed by atoms with E-state index in [1.807, 2.05) is 71.5 Å². The summed E-state index contributed by atoms with van der Waals surface area (Å²) in [5.74, 6) is 0. The Morgan fingerprint density at radius 2 is 1.64 bits per heavy atom. The lowest BCUT2D eigenvalue weighted by Crippen LogP contribution is -2.22. The molecule has 2 aromatic carbocycles. The molecule has 2 heterocycles. The predicted octanol–water partition coefficient (Wildman–Crippen LogP) is 4.14. The van der Waals surface area contributed by atoms with Gasteiger partial charge in [0.05, 0.1) is 12.2 Å². The number of hydrogen-bond acceptors (Lipinski definition) is 4. The molecule has 0 amide bonds. The Balaban J connectivity index is 1.63. The first-order chi connectivity index (χ1) is 13.6. The molecule has 0 aliphatic carbocycles. The zero-order valence-electron chi connectivity index (χ0n) is 15.0. The van der Waals surface area contributed by atoms with Crippen LogP contribution in [0.5, 0.6) is 0 Å². The van der Waals surface area contributed by atoms with Gasteiger partial charge in [0.15, 0.2) is 0 Å². The Morgan fingerprint density at radius 3 is 2.32 bits per heavy atom. The van der Waals surface area contributed by atoms with Crippen molar-refractivity contribution >= 4 is 21.4 Å². The van der Waals surface area contributed by atoms with Gasteiger partial charge in [0, 0.05) is 23.9 Å². The maximum atomic E-state index is 12.5. The molecule has 28 heavy (non-hydrogen) atoms. The Labute approximate surface area is 168 Å². The highest BCUT2D eigenvalue weighted by molar-refractivity contribution is 7.91. The van der Waals surface area contributed by atoms with E-state index >= 15 is 0 Å². The third-order valence-corrected chi connectivity index (χ3v) is 7.08. The normalized spacial score (nSPS) is 11.6. The van der Waals surface area contributed by atoms with E-state index in [1.54, 1.807) is 17.5 Å². The molecule has 2 aromatic heterocycles. The molecule has 0 unspecified atom stereocenters. The number of hydrogen-bond donors (Lipinski definition) is 1. The zero-order valence-corrected chi connectivity index (χ0v) is 16.7. The molecular weight excluding hydrogens is 390 g/mol. The highest BCUT2D eigenvalue weighted by Gasteiger charge is 2.18. The molecule has 0 aliphatic rings. The lowest BCUT2D eigenvalue weighted by molar-refractivity contribution is 0.583. The summed E-state index contributed by atoms with van der Waals surface area (Å²) in [6, 6.07) is 23.2. The highest BCUT2D eigenvalue weighted by atomic mass is 32.2. The third kappa shape index (κ3) is 4.22. The average Bonchev–Trinajstić information content (AvgIpc) is 3.39. The molecule has 0 saturated carbocycles. The number of nitrogens with one attached hydrogen (secondary N) is 1. The van der Waals surface area contributed by atoms with Gasteiger partial charge in [-0.25, -0.2) is 13.1 Å². The van der Waals surface area contributed by atoms with E-state index in [4.69, 9.17) is 5.10 Å². The Morgan fingerprint density at radius 1 is 0.929 bits per heavy atom. The van der Waals surface area contributed by atoms with E-state index < -0.39 is 10.0 Å². The third-order valence-electron chi connectivity index (χ3n) is 4.28. The number of thiophene rings is 1. The van der Waals surface area contributed by atoms with Gasteiger partial charge in [0.1, 0.15) is 4.21 Å². The summed E-state index contributed by atoms with van der Waals surface area (Å²) < 4.78 is 29.8. The first-order valence-corrected chi connectivity index (χ1v) is 11.2. The van der Waals surface area contributed by atoms with Crippen LogP contribution < -0.4 is 4.72 Å². The molecule has 5 nitrogen and oxygen atoms in total. The quantitative estimate of drug-likeness (QED) is 0.499. The van der Waals surface area contributed by atoms with Crippen LogP contribution in [0.4, 0.5) is 0 Å². The fourth-order valence-electron chi connectivity index (χ4n) is 2.94. The second-order valence-electron chi connectivity index (χ2n) is 6.31. The van der Waals surface area contributed by atoms with Gasteiger partial charge in [-0.3, -0.25) is 4.68 Å². The second kappa shape index (κ2) is 8.10. The predicted molar refractivity (Wildman–Crippen MR) is 112 cm³/mol. The first-order valence-electron chi connectivity index (χ1n) is 8.81. The van der Waals surface area contributed by atoms with Gasteiger partial charge < -0.3 is 0 Å². The molecule has 0 radical (unpaired) electrons. The SMILES string of the molecule is O=S(=O)(NCc1cn(Cc2ccccc2)nc1-c1ccccc1)c1cccs1. The van der Waals surface area contributed by atoms with E-state index in [0.29, 0.717) is 10.8 Å². The maximum absolute atomic E-state index is 12.5. The summed E-state index contributed by atoms with van der Waals surface area (Å²) in [5, 5.41) is 6.48. The van der Waals surface area contributed by atoms with Crippen molar-refractivity contribution in [2.24, 2.45) is 0 Å². The number of rotatable bonds is 7. The van der Waals surface area contributed by atoms with E-state index in [0.717, 1.165) is 22.4 Å². The van der Waals surface area contributed by atoms with Crippen LogP contribution in [0.25, 0.3) is 11.3 Å². The van der Waals surface area contributed by atoms with Crippen molar-refractivity contribution in [3.05, 3.63) is 95.5 Å². The van der Waals surface area contributed by atoms with Crippen LogP contribution in [0.3, 0.4) is 0 Å². The van der Waals surface area contributed by atoms with E-state index in [-0.39, 0.29) is 6.54 Å². The standard InChI is InChI=1S/C21H19N3O2S2/c25-28(26,20-12-7-13-27-20)22-14-19-16-24(15-17-8-3-1-4-9-17)23-21(19)18-10-5-2-6-11-18/h1-13,16,22H,14-15H2. The lowest BCUT2D eigenvalue weighted by Gasteiger charge is -2.05. The number of nitrogens with zero attached hydrogens (tertiary/aromatic N) is 2. The lowest BCUT2D eigenvalue weighted by atomic mass is 10.1. The first kappa shape index (κ1) is 18.6. The fraction of sp³-hybridized carbons (Fsp3) is 0.0952. The monoisotopic (exact) mass is 409 g/mol. The summed E-state index contributed by atoms with van der Waals surface area (Å²) in [6.45, 7) is 0.803. The van der Waals surface area contributed by atoms with Crippen LogP contribution in [-0.4, -0.2) is 18.2 Å². The van der Waals surface area contributed by atoms with E-state index in [1.165, 1.54) is 11.3 Å². The number of sulfonamides is 1. The molecule has 4 rings (SSSR count). The fourth-order valence-corrected chi connectivity index (χ4v) is 4.99. The van der Waals surface area contributed by atoms with Gasteiger partial charge in [-0.15, -0.1) is 11.3 Å². The summed E-state index contributed by atoms with van der Waals surface area (Å²) in [5.41, 5.74) is 3.71. The van der Waals surface area contributed by atoms with Crippen molar-refractivity contribution in [2.75, 3.05) is 0 Å². The minimum atomic E-state index is -3.53. The summed E-state index contributed by atoms with van der Waals surface area (Å²) in [6.07, 6.45) is 1.91. The minimum absolute atomic E-state index is 0.180. The minimum Gasteiger partial charge on any atom is -0.267 e. The van der Waals surface area contributed by atoms with Gasteiger partial charge in [-0.05, 0) is 17.0 Å². The van der Waals surface area contributed by atoms with Crippen molar-refractivity contribution in [3.63, 3.8) is 0 Å². The van der Waals surface area contributed by atoms with Crippen molar-refractivity contribution < 1.29 is 8.42 Å². The molecule has 0 aliphatic heterocycles. The molecule has 0 bridgehead atoms. The summed E-state index contributed by atoms with van der Waals surface area (Å²) >= 11 is 1.20. The van der Waals surface area contributed by atoms with Crippen molar-refractivity contribution in [1.29, 1.82) is 0 Å². The molecule has 0 atom stereocenters. The molecule has 0 saturated heterocycles. The second-order valence-corrected chi connectivity index (χ2v) is 9.25. The Bertz CT molecular complexity index is 1140. The van der Waals surface area contributed by atoms with Crippen molar-refractivity contribution in [2.45, 2.75) is 17.3 Å². The van der Waals surface area contributed by atoms with Crippen LogP contribution in [0.2, 0.25) is 0 Å². The van der Waals surface area contributed by atoms with E-state index in [2.05, 4.69) is 4.72 Å². The molecule has 1 N–H and O–H groups in total. The van der Waals surface area contributed by atoms with Crippen molar-refractivity contribution in [1.82, 2.24) is 14.5 Å². The number of benzene rings is 2. The van der Waals surface area contributed by atoms with Crippen LogP contribution >= 0.6 is 11.3 Å². The van der Waals surface area contributed by atoms with Crippen LogP contribution in [0.1, 0.15) is 11.1 Å². The van der Waals surface area contributed by atoms with E-state index in [9.17, 15) is 8.42 Å². The molecule has 0 spiro atoms. The van der Waals surface area contributed by atoms with Gasteiger partial charge in [0.2, 0.25) is 10.0 Å². The Hall–Kier alpha value is -2.74. The topological polar surface area (TPSA) is 64.0 Å². The average molecular weight is 410 g/mol. The number of aromatic nitrogens is 2. The summed E-state index contributed by atoms with van der Waals surface area (Å²) in [7, 11) is -3.53. The van der Waals surface area contributed by atoms with Gasteiger partial charge >= 0.3 is 0 Å². The van der Waals surface area contributed by atoms with Crippen LogP contribution in [0, 0.1) is 0 Å². The maximum Gasteiger partial charge on any atom is 0.250 e. The van der Waals surface area contributed by atoms with Gasteiger partial charge in [0.25, 0.3) is 0 Å². The van der Waals surface area contributed by atoms with Crippen LogP contribution in [-0.2, 0) is 23.1 Å². The Kier molecular flexibility index (Phi) is 5.38. The van der Waals surface area contributed by atoms with Gasteiger partial charge in [-0.1, -0.05) is 66.7 Å². The zero-order chi connectivity index (χ0) is 19.4. The summed E-state index contributed by atoms with van der Waals surface area (Å²) in [4.78, 5) is 0. The molecule has 4 aromatic rings. The smallest absolute Gasteiger partial charge is 0.250 e. The molecular formula is C21H19N3O2S2. The van der Waals surface area contributed by atoms with Gasteiger partial charge in [-0.2, -0.15) is 5.10 Å². The van der Waals surface area contributed by atoms with Crippen molar-refractivity contribution in [3.8, 4) is 11.3 Å². The largest absolute Gasteiger partial charge is 0.267 e. The molecule has 0 fully saturated rings. The van der Waals surface area contributed by atoms with Crippen LogP contribution in [0.15, 0.2) is 88.6 Å². The highest BCUT2D eigenvalue weighted by Crippen LogP contribution is 2.23.